The Bertz CT molecular complexity index is 656. The second-order valence-electron chi connectivity index (χ2n) is 3.85. The molecule has 19 heavy (non-hydrogen) atoms. The molecule has 0 radical (unpaired) electrons. The highest BCUT2D eigenvalue weighted by atomic mass is 35.5. The summed E-state index contributed by atoms with van der Waals surface area (Å²) in [6, 6.07) is 7.37. The second-order valence-corrected chi connectivity index (χ2v) is 4.21. The maximum atomic E-state index is 10.7. The van der Waals surface area contributed by atoms with Crippen LogP contribution in [0.3, 0.4) is 0 Å². The molecule has 2 aromatic rings. The van der Waals surface area contributed by atoms with E-state index < -0.39 is 0 Å². The zero-order valence-corrected chi connectivity index (χ0v) is 11.2. The minimum atomic E-state index is -0.245. The largest absolute Gasteiger partial charge is 0.497 e. The number of aromatic nitrogens is 1. The normalized spacial score (nSPS) is 10.9. The molecule has 0 saturated carbocycles. The molecular formula is C13H12ClN3O2. The van der Waals surface area contributed by atoms with E-state index in [-0.39, 0.29) is 5.91 Å². The Morgan fingerprint density at radius 2 is 2.26 bits per heavy atom. The van der Waals surface area contributed by atoms with Crippen molar-refractivity contribution in [1.29, 1.82) is 0 Å². The summed E-state index contributed by atoms with van der Waals surface area (Å²) >= 11 is 6.06. The maximum absolute atomic E-state index is 10.7. The van der Waals surface area contributed by atoms with Crippen molar-refractivity contribution >= 4 is 34.6 Å². The maximum Gasteiger partial charge on any atom is 0.236 e. The molecule has 1 amide bonds. The third-order valence-corrected chi connectivity index (χ3v) is 2.73. The highest BCUT2D eigenvalue weighted by molar-refractivity contribution is 6.32. The topological polar surface area (TPSA) is 63.6 Å². The number of rotatable bonds is 3. The molecule has 0 saturated heterocycles. The number of nitrogens with one attached hydrogen (secondary N) is 1. The summed E-state index contributed by atoms with van der Waals surface area (Å²) in [6.07, 6.45) is 1.46. The number of hydrogen-bond donors (Lipinski definition) is 1. The Morgan fingerprint density at radius 1 is 1.47 bits per heavy atom. The Morgan fingerprint density at radius 3 is 2.95 bits per heavy atom. The average molecular weight is 278 g/mol. The summed E-state index contributed by atoms with van der Waals surface area (Å²) in [6.45, 7) is 1.38. The molecule has 98 valence electrons. The fourth-order valence-electron chi connectivity index (χ4n) is 1.55. The summed E-state index contributed by atoms with van der Waals surface area (Å²) in [4.78, 5) is 15.0. The van der Waals surface area contributed by atoms with Crippen LogP contribution in [-0.2, 0) is 4.79 Å². The van der Waals surface area contributed by atoms with Crippen molar-refractivity contribution in [3.8, 4) is 5.75 Å². The molecule has 5 nitrogen and oxygen atoms in total. The Balaban J connectivity index is 2.39. The molecule has 0 aliphatic rings. The van der Waals surface area contributed by atoms with E-state index in [0.29, 0.717) is 10.7 Å². The molecule has 1 heterocycles. The number of ether oxygens (including phenoxy) is 1. The van der Waals surface area contributed by atoms with Gasteiger partial charge in [0.2, 0.25) is 5.91 Å². The van der Waals surface area contributed by atoms with E-state index in [1.54, 1.807) is 13.2 Å². The Kier molecular flexibility index (Phi) is 3.97. The zero-order chi connectivity index (χ0) is 13.8. The van der Waals surface area contributed by atoms with Crippen molar-refractivity contribution in [2.75, 3.05) is 7.11 Å². The van der Waals surface area contributed by atoms with E-state index in [0.717, 1.165) is 16.7 Å². The molecule has 6 heteroatoms. The fourth-order valence-corrected chi connectivity index (χ4v) is 1.74. The van der Waals surface area contributed by atoms with Gasteiger partial charge in [-0.3, -0.25) is 4.79 Å². The van der Waals surface area contributed by atoms with Crippen molar-refractivity contribution in [2.24, 2.45) is 5.10 Å². The van der Waals surface area contributed by atoms with Crippen LogP contribution < -0.4 is 10.2 Å². The Labute approximate surface area is 115 Å². The SMILES string of the molecule is COc1ccc2cc(/C=N\NC(C)=O)c(Cl)nc2c1. The standard InChI is InChI=1S/C13H12ClN3O2/c1-8(18)17-15-7-10-5-9-3-4-11(19-2)6-12(9)16-13(10)14/h3-7H,1-2H3,(H,17,18)/b15-7-. The van der Waals surface area contributed by atoms with Crippen molar-refractivity contribution in [3.63, 3.8) is 0 Å². The molecule has 0 aliphatic carbocycles. The number of halogens is 1. The number of benzene rings is 1. The minimum absolute atomic E-state index is 0.245. The fraction of sp³-hybridized carbons (Fsp3) is 0.154. The first-order chi connectivity index (χ1) is 9.10. The summed E-state index contributed by atoms with van der Waals surface area (Å²) < 4.78 is 5.13. The van der Waals surface area contributed by atoms with Gasteiger partial charge in [-0.2, -0.15) is 5.10 Å². The van der Waals surface area contributed by atoms with Crippen LogP contribution in [-0.4, -0.2) is 24.2 Å². The molecule has 0 spiro atoms. The van der Waals surface area contributed by atoms with Gasteiger partial charge in [-0.25, -0.2) is 10.4 Å². The van der Waals surface area contributed by atoms with E-state index in [1.807, 2.05) is 18.2 Å². The number of pyridine rings is 1. The minimum Gasteiger partial charge on any atom is -0.497 e. The summed E-state index contributed by atoms with van der Waals surface area (Å²) in [5.74, 6) is 0.474. The van der Waals surface area contributed by atoms with Crippen molar-refractivity contribution < 1.29 is 9.53 Å². The zero-order valence-electron chi connectivity index (χ0n) is 10.5. The van der Waals surface area contributed by atoms with Gasteiger partial charge in [0, 0.05) is 23.9 Å². The van der Waals surface area contributed by atoms with Crippen LogP contribution in [0.1, 0.15) is 12.5 Å². The number of hydrogen-bond acceptors (Lipinski definition) is 4. The molecule has 0 unspecified atom stereocenters. The molecule has 0 atom stereocenters. The molecule has 1 aromatic carbocycles. The van der Waals surface area contributed by atoms with Crippen molar-refractivity contribution in [2.45, 2.75) is 6.92 Å². The smallest absolute Gasteiger partial charge is 0.236 e. The predicted octanol–water partition coefficient (Wildman–Crippen LogP) is 2.37. The molecule has 2 rings (SSSR count). The van der Waals surface area contributed by atoms with Crippen molar-refractivity contribution in [1.82, 2.24) is 10.4 Å². The Hall–Kier alpha value is -2.14. The summed E-state index contributed by atoms with van der Waals surface area (Å²) in [7, 11) is 1.59. The number of nitrogens with zero attached hydrogens (tertiary/aromatic N) is 2. The monoisotopic (exact) mass is 277 g/mol. The van der Waals surface area contributed by atoms with Gasteiger partial charge in [0.25, 0.3) is 0 Å². The molecule has 0 bridgehead atoms. The lowest BCUT2D eigenvalue weighted by atomic mass is 10.1. The van der Waals surface area contributed by atoms with Crippen LogP contribution in [0.15, 0.2) is 29.4 Å². The quantitative estimate of drug-likeness (QED) is 0.532. The van der Waals surface area contributed by atoms with E-state index in [9.17, 15) is 4.79 Å². The van der Waals surface area contributed by atoms with Gasteiger partial charge in [-0.05, 0) is 18.2 Å². The van der Waals surface area contributed by atoms with Gasteiger partial charge in [0.05, 0.1) is 18.8 Å². The predicted molar refractivity (Wildman–Crippen MR) is 74.7 cm³/mol. The number of amides is 1. The highest BCUT2D eigenvalue weighted by Gasteiger charge is 2.04. The van der Waals surface area contributed by atoms with Gasteiger partial charge < -0.3 is 4.74 Å². The molecular weight excluding hydrogens is 266 g/mol. The van der Waals surface area contributed by atoms with E-state index in [4.69, 9.17) is 16.3 Å². The number of carbonyl (C=O) groups is 1. The van der Waals surface area contributed by atoms with Crippen LogP contribution >= 0.6 is 11.6 Å². The van der Waals surface area contributed by atoms with E-state index in [2.05, 4.69) is 15.5 Å². The van der Waals surface area contributed by atoms with Gasteiger partial charge >= 0.3 is 0 Å². The van der Waals surface area contributed by atoms with E-state index >= 15 is 0 Å². The van der Waals surface area contributed by atoms with Gasteiger partial charge in [0.1, 0.15) is 10.9 Å². The van der Waals surface area contributed by atoms with Crippen LogP contribution in [0, 0.1) is 0 Å². The number of hydrazone groups is 1. The molecule has 1 aromatic heterocycles. The molecule has 0 fully saturated rings. The molecule has 0 aliphatic heterocycles. The van der Waals surface area contributed by atoms with Crippen LogP contribution in [0.4, 0.5) is 0 Å². The third kappa shape index (κ3) is 3.20. The number of carbonyl (C=O) groups excluding carboxylic acids is 1. The lowest BCUT2D eigenvalue weighted by molar-refractivity contribution is -0.118. The summed E-state index contributed by atoms with van der Waals surface area (Å²) in [5.41, 5.74) is 3.68. The van der Waals surface area contributed by atoms with Crippen LogP contribution in [0.25, 0.3) is 10.9 Å². The highest BCUT2D eigenvalue weighted by Crippen LogP contribution is 2.23. The van der Waals surface area contributed by atoms with Gasteiger partial charge in [-0.15, -0.1) is 0 Å². The lowest BCUT2D eigenvalue weighted by Crippen LogP contribution is -2.12. The van der Waals surface area contributed by atoms with Crippen molar-refractivity contribution in [3.05, 3.63) is 35.0 Å². The van der Waals surface area contributed by atoms with Gasteiger partial charge in [0.15, 0.2) is 0 Å². The summed E-state index contributed by atoms with van der Waals surface area (Å²) in [5, 5.41) is 5.00. The van der Waals surface area contributed by atoms with E-state index in [1.165, 1.54) is 13.1 Å². The van der Waals surface area contributed by atoms with Crippen LogP contribution in [0.2, 0.25) is 5.15 Å². The number of fused-ring (bicyclic) bond motifs is 1. The molecule has 1 N–H and O–H groups in total. The van der Waals surface area contributed by atoms with Gasteiger partial charge in [-0.1, -0.05) is 11.6 Å². The first-order valence-corrected chi connectivity index (χ1v) is 5.92. The third-order valence-electron chi connectivity index (χ3n) is 2.43. The second kappa shape index (κ2) is 5.67. The van der Waals surface area contributed by atoms with Crippen LogP contribution in [0.5, 0.6) is 5.75 Å². The first kappa shape index (κ1) is 13.3. The average Bonchev–Trinajstić information content (AvgIpc) is 2.38. The lowest BCUT2D eigenvalue weighted by Gasteiger charge is -2.04. The number of methoxy groups -OCH3 is 1. The first-order valence-electron chi connectivity index (χ1n) is 5.54.